The highest BCUT2D eigenvalue weighted by atomic mass is 35.5. The maximum Gasteiger partial charge on any atom is 0.231 e. The summed E-state index contributed by atoms with van der Waals surface area (Å²) in [4.78, 5) is 17.6. The number of halogens is 1. The minimum Gasteiger partial charge on any atom is -0.354 e. The first-order valence-electron chi connectivity index (χ1n) is 7.82. The monoisotopic (exact) mass is 312 g/mol. The van der Waals surface area contributed by atoms with Gasteiger partial charge in [-0.1, -0.05) is 20.8 Å². The Morgan fingerprint density at radius 3 is 2.67 bits per heavy atom. The maximum absolute atomic E-state index is 6.02. The number of aromatic nitrogens is 3. The van der Waals surface area contributed by atoms with Gasteiger partial charge in [-0.15, -0.1) is 0 Å². The van der Waals surface area contributed by atoms with Gasteiger partial charge in [0, 0.05) is 25.7 Å². The van der Waals surface area contributed by atoms with Crippen LogP contribution < -0.4 is 10.2 Å². The van der Waals surface area contributed by atoms with Crippen LogP contribution in [-0.4, -0.2) is 58.6 Å². The molecule has 0 spiro atoms. The largest absolute Gasteiger partial charge is 0.354 e. The number of anilines is 2. The van der Waals surface area contributed by atoms with Crippen LogP contribution in [-0.2, 0) is 0 Å². The third-order valence-corrected chi connectivity index (χ3v) is 4.07. The first-order valence-corrected chi connectivity index (χ1v) is 8.20. The standard InChI is InChI=1S/C14H25ClN6/c1-4-8-16-13-17-12(15)18-14(19-13)21-9-7-11(10-21)20(5-2)6-3/h11H,4-10H2,1-3H3,(H,16,17,18,19). The van der Waals surface area contributed by atoms with E-state index in [4.69, 9.17) is 11.6 Å². The van der Waals surface area contributed by atoms with Gasteiger partial charge in [0.1, 0.15) is 0 Å². The highest BCUT2D eigenvalue weighted by Gasteiger charge is 2.28. The smallest absolute Gasteiger partial charge is 0.231 e. The normalized spacial score (nSPS) is 18.5. The Bertz CT molecular complexity index is 451. The molecule has 0 aromatic carbocycles. The van der Waals surface area contributed by atoms with Crippen molar-refractivity contribution in [1.29, 1.82) is 0 Å². The van der Waals surface area contributed by atoms with Crippen molar-refractivity contribution in [2.75, 3.05) is 42.9 Å². The molecule has 21 heavy (non-hydrogen) atoms. The van der Waals surface area contributed by atoms with E-state index in [1.165, 1.54) is 0 Å². The van der Waals surface area contributed by atoms with E-state index in [-0.39, 0.29) is 5.28 Å². The van der Waals surface area contributed by atoms with E-state index >= 15 is 0 Å². The molecule has 0 bridgehead atoms. The number of rotatable bonds is 7. The first-order chi connectivity index (χ1) is 10.2. The lowest BCUT2D eigenvalue weighted by Gasteiger charge is -2.26. The molecule has 0 aliphatic carbocycles. The number of hydrogen-bond donors (Lipinski definition) is 1. The summed E-state index contributed by atoms with van der Waals surface area (Å²) in [5.74, 6) is 1.25. The zero-order valence-electron chi connectivity index (χ0n) is 13.1. The lowest BCUT2D eigenvalue weighted by molar-refractivity contribution is 0.232. The van der Waals surface area contributed by atoms with Gasteiger partial charge in [0.05, 0.1) is 0 Å². The van der Waals surface area contributed by atoms with E-state index in [9.17, 15) is 0 Å². The van der Waals surface area contributed by atoms with Crippen LogP contribution in [0.2, 0.25) is 5.28 Å². The van der Waals surface area contributed by atoms with Crippen molar-refractivity contribution in [2.24, 2.45) is 0 Å². The fraction of sp³-hybridized carbons (Fsp3) is 0.786. The number of nitrogens with one attached hydrogen (secondary N) is 1. The average Bonchev–Trinajstić information content (AvgIpc) is 2.96. The van der Waals surface area contributed by atoms with E-state index in [0.29, 0.717) is 17.9 Å². The Kier molecular flexibility index (Phi) is 5.99. The first kappa shape index (κ1) is 16.2. The van der Waals surface area contributed by atoms with Crippen LogP contribution in [0, 0.1) is 0 Å². The molecule has 1 fully saturated rings. The van der Waals surface area contributed by atoms with Crippen molar-refractivity contribution in [3.63, 3.8) is 0 Å². The molecule has 6 nitrogen and oxygen atoms in total. The van der Waals surface area contributed by atoms with E-state index in [0.717, 1.165) is 45.6 Å². The summed E-state index contributed by atoms with van der Waals surface area (Å²) < 4.78 is 0. The second kappa shape index (κ2) is 7.75. The maximum atomic E-state index is 6.02. The SMILES string of the molecule is CCCNc1nc(Cl)nc(N2CCC(N(CC)CC)C2)n1. The molecule has 1 aromatic rings. The lowest BCUT2D eigenvalue weighted by atomic mass is 10.2. The second-order valence-electron chi connectivity index (χ2n) is 5.26. The Hall–Kier alpha value is -1.14. The summed E-state index contributed by atoms with van der Waals surface area (Å²) in [6, 6.07) is 0.572. The second-order valence-corrected chi connectivity index (χ2v) is 5.60. The average molecular weight is 313 g/mol. The Morgan fingerprint density at radius 1 is 1.24 bits per heavy atom. The summed E-state index contributed by atoms with van der Waals surface area (Å²) in [5, 5.41) is 3.43. The van der Waals surface area contributed by atoms with Crippen molar-refractivity contribution in [3.8, 4) is 0 Å². The van der Waals surface area contributed by atoms with Crippen molar-refractivity contribution in [3.05, 3.63) is 5.28 Å². The molecule has 1 aliphatic rings. The van der Waals surface area contributed by atoms with Gasteiger partial charge in [-0.25, -0.2) is 0 Å². The molecular weight excluding hydrogens is 288 g/mol. The molecule has 2 heterocycles. The van der Waals surface area contributed by atoms with E-state index < -0.39 is 0 Å². The highest BCUT2D eigenvalue weighted by molar-refractivity contribution is 6.28. The van der Waals surface area contributed by atoms with Gasteiger partial charge in [0.15, 0.2) is 0 Å². The molecule has 0 saturated carbocycles. The van der Waals surface area contributed by atoms with Crippen LogP contribution in [0.3, 0.4) is 0 Å². The summed E-state index contributed by atoms with van der Waals surface area (Å²) in [6.45, 7) is 11.4. The number of likely N-dealkylation sites (N-methyl/N-ethyl adjacent to an activating group) is 1. The molecule has 1 aromatic heterocycles. The van der Waals surface area contributed by atoms with Gasteiger partial charge in [-0.3, -0.25) is 4.90 Å². The minimum atomic E-state index is 0.255. The van der Waals surface area contributed by atoms with Crippen LogP contribution >= 0.6 is 11.6 Å². The van der Waals surface area contributed by atoms with Crippen molar-refractivity contribution in [1.82, 2.24) is 19.9 Å². The Labute approximate surface area is 131 Å². The summed E-state index contributed by atoms with van der Waals surface area (Å²) in [5.41, 5.74) is 0. The summed E-state index contributed by atoms with van der Waals surface area (Å²) >= 11 is 6.02. The van der Waals surface area contributed by atoms with Gasteiger partial charge >= 0.3 is 0 Å². The van der Waals surface area contributed by atoms with E-state index in [2.05, 4.69) is 50.8 Å². The van der Waals surface area contributed by atoms with Crippen molar-refractivity contribution < 1.29 is 0 Å². The van der Waals surface area contributed by atoms with Crippen LogP contribution in [0.5, 0.6) is 0 Å². The fourth-order valence-corrected chi connectivity index (χ4v) is 2.91. The third kappa shape index (κ3) is 4.17. The zero-order valence-corrected chi connectivity index (χ0v) is 13.9. The molecule has 2 rings (SSSR count). The third-order valence-electron chi connectivity index (χ3n) is 3.90. The molecule has 1 atom stereocenters. The molecule has 1 saturated heterocycles. The van der Waals surface area contributed by atoms with Gasteiger partial charge in [0.2, 0.25) is 17.2 Å². The Morgan fingerprint density at radius 2 is 2.00 bits per heavy atom. The number of hydrogen-bond acceptors (Lipinski definition) is 6. The molecule has 7 heteroatoms. The molecule has 1 aliphatic heterocycles. The summed E-state index contributed by atoms with van der Waals surface area (Å²) in [6.07, 6.45) is 2.16. The molecule has 0 amide bonds. The van der Waals surface area contributed by atoms with Crippen molar-refractivity contribution >= 4 is 23.5 Å². The molecular formula is C14H25ClN6. The van der Waals surface area contributed by atoms with Crippen LogP contribution in [0.4, 0.5) is 11.9 Å². The molecule has 1 N–H and O–H groups in total. The van der Waals surface area contributed by atoms with Crippen molar-refractivity contribution in [2.45, 2.75) is 39.7 Å². The number of nitrogens with zero attached hydrogens (tertiary/aromatic N) is 5. The van der Waals surface area contributed by atoms with Gasteiger partial charge in [-0.2, -0.15) is 15.0 Å². The summed E-state index contributed by atoms with van der Waals surface area (Å²) in [7, 11) is 0. The van der Waals surface area contributed by atoms with E-state index in [1.54, 1.807) is 0 Å². The quantitative estimate of drug-likeness (QED) is 0.833. The predicted molar refractivity (Wildman–Crippen MR) is 87.2 cm³/mol. The lowest BCUT2D eigenvalue weighted by Crippen LogP contribution is -2.37. The fourth-order valence-electron chi connectivity index (χ4n) is 2.76. The zero-order chi connectivity index (χ0) is 15.2. The minimum absolute atomic E-state index is 0.255. The highest BCUT2D eigenvalue weighted by Crippen LogP contribution is 2.21. The van der Waals surface area contributed by atoms with Gasteiger partial charge in [-0.05, 0) is 37.5 Å². The van der Waals surface area contributed by atoms with Crippen LogP contribution in [0.25, 0.3) is 0 Å². The predicted octanol–water partition coefficient (Wildman–Crippen LogP) is 2.27. The van der Waals surface area contributed by atoms with E-state index in [1.807, 2.05) is 0 Å². The molecule has 118 valence electrons. The van der Waals surface area contributed by atoms with Gasteiger partial charge < -0.3 is 10.2 Å². The van der Waals surface area contributed by atoms with Crippen LogP contribution in [0.15, 0.2) is 0 Å². The van der Waals surface area contributed by atoms with Crippen LogP contribution in [0.1, 0.15) is 33.6 Å². The molecule has 1 unspecified atom stereocenters. The Balaban J connectivity index is 2.06. The molecule has 0 radical (unpaired) electrons. The topological polar surface area (TPSA) is 57.2 Å². The van der Waals surface area contributed by atoms with Gasteiger partial charge in [0.25, 0.3) is 0 Å².